The lowest BCUT2D eigenvalue weighted by Crippen LogP contribution is -2.57. The lowest BCUT2D eigenvalue weighted by Gasteiger charge is -2.35. The summed E-state index contributed by atoms with van der Waals surface area (Å²) < 4.78 is 46.9. The Hall–Kier alpha value is -7.03. The van der Waals surface area contributed by atoms with E-state index < -0.39 is 29.1 Å². The van der Waals surface area contributed by atoms with Crippen LogP contribution in [0.1, 0.15) is 84.8 Å². The number of carbonyl (C=O) groups excluding carboxylic acids is 4. The molecule has 2 aliphatic rings. The Morgan fingerprint density at radius 2 is 1.58 bits per heavy atom. The summed E-state index contributed by atoms with van der Waals surface area (Å²) in [6.45, 7) is 10.8. The second-order valence-electron chi connectivity index (χ2n) is 19.7. The number of thiazole rings is 1. The van der Waals surface area contributed by atoms with Crippen LogP contribution in [0.15, 0.2) is 102 Å². The standard InChI is InChI=1S/C57H62ClF2N9O7S/c1-35-51(77-34-65-35)37-13-11-36(12-14-37)31-63-54(72)46-10-6-23-69(46)55(73)52(57(2,3)4)67-47(70)21-26-74-24-7-25-75-28-29-76-27-22-61-53(71)38-15-18-41(19-16-38)66-56-64-33-39-32-62-50(48-44(59)8-5-9-45(48)60)43-30-40(58)17-20-42(43)49(39)68-56/h5,8-9,11-20,30,33-34,46,52H,6-7,10,21-29,31-32H2,1-4H3,(H,61,71)(H,63,72)(H,67,70)(H,64,66,68)/t46-,52?/m0/s1. The first-order valence-electron chi connectivity index (χ1n) is 25.5. The molecule has 77 heavy (non-hydrogen) atoms. The van der Waals surface area contributed by atoms with E-state index in [1.807, 2.05) is 57.5 Å². The van der Waals surface area contributed by atoms with Crippen LogP contribution in [0.4, 0.5) is 20.4 Å². The predicted octanol–water partition coefficient (Wildman–Crippen LogP) is 9.00. The minimum Gasteiger partial charge on any atom is -0.381 e. The van der Waals surface area contributed by atoms with Crippen LogP contribution in [0.2, 0.25) is 5.02 Å². The van der Waals surface area contributed by atoms with Gasteiger partial charge in [-0.05, 0) is 91.3 Å². The number of anilines is 2. The molecule has 2 aromatic heterocycles. The van der Waals surface area contributed by atoms with Crippen molar-refractivity contribution in [2.75, 3.05) is 58.0 Å². The molecule has 8 rings (SSSR count). The average molecular weight is 1090 g/mol. The van der Waals surface area contributed by atoms with E-state index in [1.165, 1.54) is 18.2 Å². The Morgan fingerprint density at radius 1 is 0.857 bits per heavy atom. The number of amides is 4. The Balaban J connectivity index is 0.678. The van der Waals surface area contributed by atoms with Crippen LogP contribution >= 0.6 is 22.9 Å². The quantitative estimate of drug-likeness (QED) is 0.0447. The number of hydrogen-bond donors (Lipinski definition) is 4. The molecule has 4 N–H and O–H groups in total. The summed E-state index contributed by atoms with van der Waals surface area (Å²) in [5.74, 6) is -2.28. The highest BCUT2D eigenvalue weighted by atomic mass is 35.5. The van der Waals surface area contributed by atoms with E-state index in [0.717, 1.165) is 21.7 Å². The third-order valence-corrected chi connectivity index (χ3v) is 14.2. The van der Waals surface area contributed by atoms with Gasteiger partial charge >= 0.3 is 0 Å². The molecular weight excluding hydrogens is 1030 g/mol. The third kappa shape index (κ3) is 14.7. The average Bonchev–Trinajstić information content (AvgIpc) is 4.08. The fraction of sp³-hybridized carbons (Fsp3) is 0.368. The molecule has 4 aromatic carbocycles. The van der Waals surface area contributed by atoms with Crippen molar-refractivity contribution < 1.29 is 42.2 Å². The number of ether oxygens (including phenoxy) is 3. The van der Waals surface area contributed by atoms with Crippen LogP contribution < -0.4 is 21.3 Å². The smallest absolute Gasteiger partial charge is 0.251 e. The Morgan fingerprint density at radius 3 is 2.30 bits per heavy atom. The lowest BCUT2D eigenvalue weighted by molar-refractivity contribution is -0.144. The summed E-state index contributed by atoms with van der Waals surface area (Å²) in [5.41, 5.74) is 7.41. The van der Waals surface area contributed by atoms with Gasteiger partial charge < -0.3 is 40.4 Å². The van der Waals surface area contributed by atoms with Gasteiger partial charge in [-0.2, -0.15) is 0 Å². The maximum atomic E-state index is 15.0. The minimum absolute atomic E-state index is 0.0724. The van der Waals surface area contributed by atoms with Crippen LogP contribution in [0, 0.1) is 24.0 Å². The minimum atomic E-state index is -0.822. The summed E-state index contributed by atoms with van der Waals surface area (Å²) in [4.78, 5) is 74.1. The molecular formula is C57H62ClF2N9O7S. The molecule has 1 unspecified atom stereocenters. The zero-order valence-electron chi connectivity index (χ0n) is 43.4. The molecule has 1 fully saturated rings. The summed E-state index contributed by atoms with van der Waals surface area (Å²) in [6, 6.07) is 22.1. The molecule has 2 atom stereocenters. The van der Waals surface area contributed by atoms with Crippen LogP contribution in [0.3, 0.4) is 0 Å². The van der Waals surface area contributed by atoms with Gasteiger partial charge in [0.05, 0.1) is 66.0 Å². The molecule has 1 saturated heterocycles. The van der Waals surface area contributed by atoms with Gasteiger partial charge in [-0.25, -0.2) is 23.7 Å². The second kappa shape index (κ2) is 26.3. The summed E-state index contributed by atoms with van der Waals surface area (Å²) in [7, 11) is 0. The number of carbonyl (C=O) groups is 4. The third-order valence-electron chi connectivity index (χ3n) is 13.0. The summed E-state index contributed by atoms with van der Waals surface area (Å²) in [6.07, 6.45) is 3.54. The van der Waals surface area contributed by atoms with Crippen LogP contribution in [-0.2, 0) is 41.7 Å². The highest BCUT2D eigenvalue weighted by molar-refractivity contribution is 7.13. The van der Waals surface area contributed by atoms with Crippen LogP contribution in [-0.4, -0.2) is 114 Å². The van der Waals surface area contributed by atoms with Crippen molar-refractivity contribution >= 4 is 63.9 Å². The van der Waals surface area contributed by atoms with Crippen molar-refractivity contribution in [1.82, 2.24) is 35.8 Å². The van der Waals surface area contributed by atoms with Crippen molar-refractivity contribution in [2.24, 2.45) is 10.4 Å². The number of halogens is 3. The van der Waals surface area contributed by atoms with Gasteiger partial charge in [0.15, 0.2) is 0 Å². The van der Waals surface area contributed by atoms with Gasteiger partial charge in [0.2, 0.25) is 23.7 Å². The first-order chi connectivity index (χ1) is 37.1. The Labute approximate surface area is 455 Å². The van der Waals surface area contributed by atoms with Crippen LogP contribution in [0.5, 0.6) is 0 Å². The molecule has 404 valence electrons. The van der Waals surface area contributed by atoms with E-state index in [-0.39, 0.29) is 73.6 Å². The molecule has 2 aliphatic heterocycles. The van der Waals surface area contributed by atoms with Gasteiger partial charge in [-0.3, -0.25) is 24.2 Å². The van der Waals surface area contributed by atoms with E-state index in [2.05, 4.69) is 36.2 Å². The van der Waals surface area contributed by atoms with Crippen molar-refractivity contribution in [2.45, 2.75) is 78.6 Å². The van der Waals surface area contributed by atoms with Gasteiger partial charge in [0.25, 0.3) is 5.91 Å². The molecule has 16 nitrogen and oxygen atoms in total. The van der Waals surface area contributed by atoms with Crippen molar-refractivity contribution in [3.63, 3.8) is 0 Å². The number of nitrogens with one attached hydrogen (secondary N) is 4. The SMILES string of the molecule is Cc1ncsc1-c1ccc(CNC(=O)[C@@H]2CCCN2C(=O)C(NC(=O)CCOCCCOCCOCCNC(=O)c2ccc(Nc3ncc4c(n3)-c3ccc(Cl)cc3C(c3c(F)cccc3F)=NC4)cc2)C(C)(C)C)cc1. The predicted molar refractivity (Wildman–Crippen MR) is 292 cm³/mol. The van der Waals surface area contributed by atoms with E-state index >= 15 is 0 Å². The fourth-order valence-electron chi connectivity index (χ4n) is 8.96. The number of nitrogens with zero attached hydrogens (tertiary/aromatic N) is 5. The molecule has 0 bridgehead atoms. The number of fused-ring (bicyclic) bond motifs is 3. The van der Waals surface area contributed by atoms with Crippen molar-refractivity contribution in [3.8, 4) is 21.7 Å². The highest BCUT2D eigenvalue weighted by Crippen LogP contribution is 2.35. The Bertz CT molecular complexity index is 3060. The topological polar surface area (TPSA) is 198 Å². The number of benzene rings is 4. The first-order valence-corrected chi connectivity index (χ1v) is 26.8. The van der Waals surface area contributed by atoms with Crippen LogP contribution in [0.25, 0.3) is 21.7 Å². The van der Waals surface area contributed by atoms with Gasteiger partial charge in [0, 0.05) is 78.4 Å². The number of rotatable bonds is 23. The van der Waals surface area contributed by atoms with Gasteiger partial charge in [-0.1, -0.05) is 68.8 Å². The molecule has 20 heteroatoms. The van der Waals surface area contributed by atoms with Gasteiger partial charge in [-0.15, -0.1) is 11.3 Å². The molecule has 4 heterocycles. The molecule has 0 aliphatic carbocycles. The number of hydrogen-bond acceptors (Lipinski definition) is 13. The maximum absolute atomic E-state index is 15.0. The van der Waals surface area contributed by atoms with Crippen molar-refractivity contribution in [3.05, 3.63) is 147 Å². The van der Waals surface area contributed by atoms with E-state index in [9.17, 15) is 28.0 Å². The molecule has 4 amide bonds. The molecule has 6 aromatic rings. The van der Waals surface area contributed by atoms with Crippen molar-refractivity contribution in [1.29, 1.82) is 0 Å². The van der Waals surface area contributed by atoms with E-state index in [4.69, 9.17) is 30.8 Å². The number of likely N-dealkylation sites (tertiary alicyclic amines) is 1. The Kier molecular flexibility index (Phi) is 19.2. The zero-order chi connectivity index (χ0) is 54.5. The maximum Gasteiger partial charge on any atom is 0.251 e. The van der Waals surface area contributed by atoms with E-state index in [1.54, 1.807) is 64.9 Å². The second-order valence-corrected chi connectivity index (χ2v) is 20.9. The monoisotopic (exact) mass is 1090 g/mol. The number of aromatic nitrogens is 3. The first kappa shape index (κ1) is 56.2. The fourth-order valence-corrected chi connectivity index (χ4v) is 9.94. The molecule has 0 saturated carbocycles. The lowest BCUT2D eigenvalue weighted by atomic mass is 9.85. The normalized spacial score (nSPS) is 14.5. The number of aryl methyl sites for hydroxylation is 1. The summed E-state index contributed by atoms with van der Waals surface area (Å²) in [5, 5.41) is 12.3. The zero-order valence-corrected chi connectivity index (χ0v) is 45.0. The molecule has 0 radical (unpaired) electrons. The summed E-state index contributed by atoms with van der Waals surface area (Å²) >= 11 is 7.94. The largest absolute Gasteiger partial charge is 0.381 e. The van der Waals surface area contributed by atoms with Gasteiger partial charge in [0.1, 0.15) is 23.7 Å². The van der Waals surface area contributed by atoms with E-state index in [0.29, 0.717) is 97.4 Å². The highest BCUT2D eigenvalue weighted by Gasteiger charge is 2.42. The number of aliphatic imine (C=N–C) groups is 1. The molecule has 0 spiro atoms.